The normalized spacial score (nSPS) is 19.1. The summed E-state index contributed by atoms with van der Waals surface area (Å²) in [7, 11) is 0.257. The Morgan fingerprint density at radius 2 is 1.72 bits per heavy atom. The molecule has 0 bridgehead atoms. The van der Waals surface area contributed by atoms with Gasteiger partial charge in [0.2, 0.25) is 16.0 Å². The minimum atomic E-state index is -3.94. The van der Waals surface area contributed by atoms with E-state index in [1.807, 2.05) is 13.8 Å². The molecule has 2 aliphatic rings. The molecule has 1 aromatic carbocycles. The molecule has 3 aromatic rings. The number of carbonyl (C=O) groups excluding carboxylic acids is 1. The van der Waals surface area contributed by atoms with E-state index in [4.69, 9.17) is 4.98 Å². The molecule has 2 N–H and O–H groups in total. The van der Waals surface area contributed by atoms with Gasteiger partial charge in [-0.25, -0.2) is 32.0 Å². The summed E-state index contributed by atoms with van der Waals surface area (Å²) in [4.78, 5) is 31.9. The third-order valence-corrected chi connectivity index (χ3v) is 8.99. The lowest BCUT2D eigenvalue weighted by atomic mass is 9.91. The fraction of sp³-hybridized carbons (Fsp3) is 0.448. The Labute approximate surface area is 250 Å². The summed E-state index contributed by atoms with van der Waals surface area (Å²) in [6.07, 6.45) is 6.93. The highest BCUT2D eigenvalue weighted by Crippen LogP contribution is 2.33. The zero-order valence-electron chi connectivity index (χ0n) is 24.6. The van der Waals surface area contributed by atoms with Crippen LogP contribution in [0.15, 0.2) is 42.7 Å². The van der Waals surface area contributed by atoms with Crippen molar-refractivity contribution in [3.05, 3.63) is 65.5 Å². The predicted molar refractivity (Wildman–Crippen MR) is 161 cm³/mol. The van der Waals surface area contributed by atoms with Crippen molar-refractivity contribution in [3.63, 3.8) is 0 Å². The van der Waals surface area contributed by atoms with Gasteiger partial charge in [-0.3, -0.25) is 14.5 Å². The second kappa shape index (κ2) is 12.4. The van der Waals surface area contributed by atoms with Gasteiger partial charge in [-0.1, -0.05) is 12.1 Å². The van der Waals surface area contributed by atoms with Crippen molar-refractivity contribution in [2.75, 3.05) is 33.9 Å². The fourth-order valence-corrected chi connectivity index (χ4v) is 6.67. The second-order valence-electron chi connectivity index (χ2n) is 11.5. The fourth-order valence-electron chi connectivity index (χ4n) is 5.50. The van der Waals surface area contributed by atoms with E-state index in [-0.39, 0.29) is 30.1 Å². The van der Waals surface area contributed by atoms with E-state index in [0.717, 1.165) is 50.1 Å². The zero-order chi connectivity index (χ0) is 30.9. The van der Waals surface area contributed by atoms with Crippen LogP contribution in [0, 0.1) is 11.6 Å². The molecule has 1 fully saturated rings. The van der Waals surface area contributed by atoms with Gasteiger partial charge in [0, 0.05) is 36.0 Å². The number of anilines is 4. The number of carbonyl (C=O) groups is 1. The summed E-state index contributed by atoms with van der Waals surface area (Å²) >= 11 is 0. The van der Waals surface area contributed by atoms with E-state index in [1.54, 1.807) is 6.20 Å². The highest BCUT2D eigenvalue weighted by Gasteiger charge is 2.37. The molecule has 1 aliphatic carbocycles. The molecule has 11 nitrogen and oxygen atoms in total. The number of fused-ring (bicyclic) bond motifs is 1. The molecule has 0 atom stereocenters. The van der Waals surface area contributed by atoms with Gasteiger partial charge in [0.25, 0.3) is 0 Å². The van der Waals surface area contributed by atoms with Gasteiger partial charge in [-0.2, -0.15) is 4.98 Å². The van der Waals surface area contributed by atoms with Crippen molar-refractivity contribution in [3.8, 4) is 0 Å². The van der Waals surface area contributed by atoms with Gasteiger partial charge < -0.3 is 10.2 Å². The number of benzene rings is 1. The maximum Gasteiger partial charge on any atom is 0.331 e. The molecule has 230 valence electrons. The number of amides is 2. The number of urea groups is 1. The number of aromatic nitrogens is 3. The van der Waals surface area contributed by atoms with Gasteiger partial charge in [0.05, 0.1) is 24.2 Å². The van der Waals surface area contributed by atoms with Crippen LogP contribution in [-0.4, -0.2) is 66.5 Å². The predicted octanol–water partition coefficient (Wildman–Crippen LogP) is 4.73. The average Bonchev–Trinajstić information content (AvgIpc) is 2.94. The Bertz CT molecular complexity index is 1580. The maximum atomic E-state index is 15.4. The summed E-state index contributed by atoms with van der Waals surface area (Å²) in [5, 5.41) is 3.42. The third kappa shape index (κ3) is 7.02. The highest BCUT2D eigenvalue weighted by atomic mass is 32.2. The quantitative estimate of drug-likeness (QED) is 0.355. The van der Waals surface area contributed by atoms with Crippen molar-refractivity contribution in [1.82, 2.24) is 19.9 Å². The second-order valence-corrected chi connectivity index (χ2v) is 13.2. The van der Waals surface area contributed by atoms with Crippen LogP contribution in [-0.2, 0) is 22.3 Å². The lowest BCUT2D eigenvalue weighted by Crippen LogP contribution is -2.51. The third-order valence-electron chi connectivity index (χ3n) is 7.73. The molecule has 3 heterocycles. The molecule has 14 heteroatoms. The Kier molecular flexibility index (Phi) is 8.79. The van der Waals surface area contributed by atoms with Crippen LogP contribution in [0.3, 0.4) is 0 Å². The minimum absolute atomic E-state index is 0.00876. The summed E-state index contributed by atoms with van der Waals surface area (Å²) in [6, 6.07) is 6.01. The first-order valence-electron chi connectivity index (χ1n) is 14.2. The van der Waals surface area contributed by atoms with Crippen molar-refractivity contribution in [2.24, 2.45) is 0 Å². The van der Waals surface area contributed by atoms with E-state index in [2.05, 4.69) is 39.0 Å². The van der Waals surface area contributed by atoms with Gasteiger partial charge in [0.15, 0.2) is 11.6 Å². The standard InChI is InChI=1S/C29H36F2N8O3S/c1-18(2)39-26-20(14-33-28(35-26)34-22-9-11-24(12-10-22)37(3)4)16-38(29(39)40)27-25(31)13-23(15-32-27)36-43(41,42)17-19-5-7-21(30)8-6-19/h5-8,13-15,18,22,24,36H,9-12,16-17H2,1-4H3,(H,33,34,35). The maximum absolute atomic E-state index is 15.4. The van der Waals surface area contributed by atoms with E-state index in [0.29, 0.717) is 28.9 Å². The number of halogens is 2. The van der Waals surface area contributed by atoms with Crippen molar-refractivity contribution < 1.29 is 22.0 Å². The number of hydrogen-bond acceptors (Lipinski definition) is 8. The average molecular weight is 615 g/mol. The highest BCUT2D eigenvalue weighted by molar-refractivity contribution is 7.91. The summed E-state index contributed by atoms with van der Waals surface area (Å²) < 4.78 is 56.0. The van der Waals surface area contributed by atoms with Crippen molar-refractivity contribution >= 4 is 39.3 Å². The number of nitrogens with one attached hydrogen (secondary N) is 2. The van der Waals surface area contributed by atoms with Gasteiger partial charge in [-0.15, -0.1) is 0 Å². The number of nitrogens with zero attached hydrogens (tertiary/aromatic N) is 6. The smallest absolute Gasteiger partial charge is 0.331 e. The van der Waals surface area contributed by atoms with Crippen LogP contribution < -0.4 is 19.8 Å². The van der Waals surface area contributed by atoms with Crippen LogP contribution in [0.25, 0.3) is 0 Å². The first-order valence-corrected chi connectivity index (χ1v) is 15.9. The molecule has 0 radical (unpaired) electrons. The molecule has 1 saturated carbocycles. The van der Waals surface area contributed by atoms with Gasteiger partial charge in [-0.05, 0) is 71.3 Å². The van der Waals surface area contributed by atoms with E-state index < -0.39 is 33.4 Å². The van der Waals surface area contributed by atoms with E-state index >= 15 is 4.39 Å². The Morgan fingerprint density at radius 1 is 1.02 bits per heavy atom. The van der Waals surface area contributed by atoms with E-state index in [9.17, 15) is 17.6 Å². The first-order chi connectivity index (χ1) is 20.4. The van der Waals surface area contributed by atoms with Crippen LogP contribution >= 0.6 is 0 Å². The summed E-state index contributed by atoms with van der Waals surface area (Å²) in [5.74, 6) is -1.14. The van der Waals surface area contributed by atoms with Gasteiger partial charge >= 0.3 is 6.03 Å². The molecule has 43 heavy (non-hydrogen) atoms. The molecule has 5 rings (SSSR count). The van der Waals surface area contributed by atoms with Crippen LogP contribution in [0.5, 0.6) is 0 Å². The number of hydrogen-bond donors (Lipinski definition) is 2. The monoisotopic (exact) mass is 614 g/mol. The summed E-state index contributed by atoms with van der Waals surface area (Å²) in [5.41, 5.74) is 0.885. The largest absolute Gasteiger partial charge is 0.351 e. The van der Waals surface area contributed by atoms with Crippen molar-refractivity contribution in [1.29, 1.82) is 0 Å². The Morgan fingerprint density at radius 3 is 2.35 bits per heavy atom. The van der Waals surface area contributed by atoms with E-state index in [1.165, 1.54) is 21.9 Å². The Balaban J connectivity index is 1.32. The molecule has 2 amide bonds. The first kappa shape index (κ1) is 30.5. The topological polar surface area (TPSA) is 124 Å². The molecular weight excluding hydrogens is 578 g/mol. The number of pyridine rings is 1. The van der Waals surface area contributed by atoms with Crippen LogP contribution in [0.1, 0.15) is 50.7 Å². The van der Waals surface area contributed by atoms with Gasteiger partial charge in [0.1, 0.15) is 11.6 Å². The van der Waals surface area contributed by atoms with Crippen LogP contribution in [0.4, 0.5) is 36.8 Å². The SMILES string of the molecule is CC(C)N1C(=O)N(c2ncc(NS(=O)(=O)Cc3ccc(F)cc3)cc2F)Cc2cnc(NC3CCC(N(C)C)CC3)nc21. The lowest BCUT2D eigenvalue weighted by molar-refractivity contribution is 0.221. The number of sulfonamides is 1. The van der Waals surface area contributed by atoms with Crippen molar-refractivity contribution in [2.45, 2.75) is 70.0 Å². The molecular formula is C29H36F2N8O3S. The number of rotatable bonds is 9. The summed E-state index contributed by atoms with van der Waals surface area (Å²) in [6.45, 7) is 3.67. The molecule has 0 saturated heterocycles. The lowest BCUT2D eigenvalue weighted by Gasteiger charge is -2.38. The zero-order valence-corrected chi connectivity index (χ0v) is 25.4. The molecule has 1 aliphatic heterocycles. The molecule has 0 unspecified atom stereocenters. The Hall–Kier alpha value is -3.91. The minimum Gasteiger partial charge on any atom is -0.351 e. The van der Waals surface area contributed by atoms with Crippen LogP contribution in [0.2, 0.25) is 0 Å². The molecule has 2 aromatic heterocycles. The molecule has 0 spiro atoms.